The lowest BCUT2D eigenvalue weighted by Gasteiger charge is -2.13. The summed E-state index contributed by atoms with van der Waals surface area (Å²) < 4.78 is 26.2. The topological polar surface area (TPSA) is 78.4 Å². The van der Waals surface area contributed by atoms with Gasteiger partial charge in [0.15, 0.2) is 11.6 Å². The van der Waals surface area contributed by atoms with Crippen molar-refractivity contribution in [1.29, 1.82) is 0 Å². The van der Waals surface area contributed by atoms with Gasteiger partial charge in [-0.1, -0.05) is 13.0 Å². The van der Waals surface area contributed by atoms with Crippen LogP contribution < -0.4 is 10.6 Å². The largest absolute Gasteiger partial charge is 0.481 e. The minimum absolute atomic E-state index is 0.00369. The van der Waals surface area contributed by atoms with Crippen molar-refractivity contribution in [3.63, 3.8) is 0 Å². The van der Waals surface area contributed by atoms with Crippen LogP contribution in [0.3, 0.4) is 0 Å². The molecule has 2 atom stereocenters. The average Bonchev–Trinajstić information content (AvgIpc) is 3.09. The van der Waals surface area contributed by atoms with Gasteiger partial charge in [-0.2, -0.15) is 0 Å². The highest BCUT2D eigenvalue weighted by molar-refractivity contribution is 5.75. The SMILES string of the molecule is CC1(c2ccc(F)c(F)c2)CC1NC(=O)NCCCC(=O)O. The van der Waals surface area contributed by atoms with E-state index in [2.05, 4.69) is 10.6 Å². The quantitative estimate of drug-likeness (QED) is 0.704. The third kappa shape index (κ3) is 3.72. The molecular formula is C15H18F2N2O3. The van der Waals surface area contributed by atoms with Crippen LogP contribution >= 0.6 is 0 Å². The Kier molecular flexibility index (Phi) is 4.63. The molecule has 1 saturated carbocycles. The van der Waals surface area contributed by atoms with Crippen LogP contribution in [0.5, 0.6) is 0 Å². The summed E-state index contributed by atoms with van der Waals surface area (Å²) in [6.07, 6.45) is 0.991. The normalized spacial score (nSPS) is 23.0. The van der Waals surface area contributed by atoms with E-state index in [0.717, 1.165) is 12.1 Å². The lowest BCUT2D eigenvalue weighted by Crippen LogP contribution is -2.39. The number of aliphatic carboxylic acids is 1. The molecule has 1 aromatic carbocycles. The minimum atomic E-state index is -0.907. The Hall–Kier alpha value is -2.18. The number of rotatable bonds is 6. The number of carbonyl (C=O) groups is 2. The summed E-state index contributed by atoms with van der Waals surface area (Å²) in [7, 11) is 0. The molecule has 0 saturated heterocycles. The summed E-state index contributed by atoms with van der Waals surface area (Å²) in [6, 6.07) is 3.21. The number of carboxylic acid groups (broad SMARTS) is 1. The van der Waals surface area contributed by atoms with E-state index in [0.29, 0.717) is 18.4 Å². The zero-order chi connectivity index (χ0) is 16.3. The molecule has 1 aliphatic carbocycles. The van der Waals surface area contributed by atoms with E-state index in [1.54, 1.807) is 0 Å². The van der Waals surface area contributed by atoms with E-state index >= 15 is 0 Å². The summed E-state index contributed by atoms with van der Waals surface area (Å²) in [5.74, 6) is -2.70. The van der Waals surface area contributed by atoms with Crippen molar-refractivity contribution in [3.8, 4) is 0 Å². The van der Waals surface area contributed by atoms with Crippen LogP contribution in [0.4, 0.5) is 13.6 Å². The van der Waals surface area contributed by atoms with Crippen LogP contribution in [0.2, 0.25) is 0 Å². The zero-order valence-electron chi connectivity index (χ0n) is 12.2. The molecule has 22 heavy (non-hydrogen) atoms. The van der Waals surface area contributed by atoms with Gasteiger partial charge in [-0.15, -0.1) is 0 Å². The molecule has 7 heteroatoms. The molecule has 0 aliphatic heterocycles. The molecule has 1 fully saturated rings. The molecule has 0 aromatic heterocycles. The van der Waals surface area contributed by atoms with Gasteiger partial charge in [0, 0.05) is 24.4 Å². The fourth-order valence-electron chi connectivity index (χ4n) is 2.40. The molecule has 0 radical (unpaired) electrons. The highest BCUT2D eigenvalue weighted by atomic mass is 19.2. The Morgan fingerprint density at radius 1 is 1.36 bits per heavy atom. The van der Waals surface area contributed by atoms with Crippen molar-refractivity contribution in [3.05, 3.63) is 35.4 Å². The molecule has 0 spiro atoms. The van der Waals surface area contributed by atoms with Gasteiger partial charge in [0.2, 0.25) is 0 Å². The van der Waals surface area contributed by atoms with E-state index in [4.69, 9.17) is 5.11 Å². The molecule has 2 unspecified atom stereocenters. The second-order valence-electron chi connectivity index (χ2n) is 5.70. The molecule has 0 heterocycles. The predicted molar refractivity (Wildman–Crippen MR) is 75.5 cm³/mol. The maximum atomic E-state index is 13.3. The second kappa shape index (κ2) is 6.29. The molecule has 2 rings (SSSR count). The lowest BCUT2D eigenvalue weighted by molar-refractivity contribution is -0.137. The van der Waals surface area contributed by atoms with Gasteiger partial charge in [0.1, 0.15) is 0 Å². The Balaban J connectivity index is 1.82. The lowest BCUT2D eigenvalue weighted by atomic mass is 9.97. The molecule has 1 aromatic rings. The molecule has 2 amide bonds. The number of urea groups is 1. The molecule has 1 aliphatic rings. The number of carbonyl (C=O) groups excluding carboxylic acids is 1. The first-order chi connectivity index (χ1) is 10.3. The molecule has 120 valence electrons. The zero-order valence-corrected chi connectivity index (χ0v) is 12.2. The summed E-state index contributed by atoms with van der Waals surface area (Å²) in [4.78, 5) is 22.0. The number of carboxylic acids is 1. The fraction of sp³-hybridized carbons (Fsp3) is 0.467. The maximum Gasteiger partial charge on any atom is 0.315 e. The summed E-state index contributed by atoms with van der Waals surface area (Å²) in [5.41, 5.74) is 0.231. The predicted octanol–water partition coefficient (Wildman–Crippen LogP) is 2.16. The number of hydrogen-bond donors (Lipinski definition) is 3. The van der Waals surface area contributed by atoms with E-state index in [1.165, 1.54) is 6.07 Å². The second-order valence-corrected chi connectivity index (χ2v) is 5.70. The van der Waals surface area contributed by atoms with Crippen molar-refractivity contribution >= 4 is 12.0 Å². The van der Waals surface area contributed by atoms with Crippen molar-refractivity contribution in [2.24, 2.45) is 0 Å². The highest BCUT2D eigenvalue weighted by Gasteiger charge is 2.52. The third-order valence-electron chi connectivity index (χ3n) is 3.97. The third-order valence-corrected chi connectivity index (χ3v) is 3.97. The molecule has 5 nitrogen and oxygen atoms in total. The van der Waals surface area contributed by atoms with Crippen LogP contribution in [0.1, 0.15) is 31.7 Å². The number of halogens is 2. The number of benzene rings is 1. The van der Waals surface area contributed by atoms with Crippen LogP contribution in [0, 0.1) is 11.6 Å². The van der Waals surface area contributed by atoms with E-state index in [-0.39, 0.29) is 25.0 Å². The summed E-state index contributed by atoms with van der Waals surface area (Å²) >= 11 is 0. The van der Waals surface area contributed by atoms with Crippen molar-refractivity contribution in [1.82, 2.24) is 10.6 Å². The smallest absolute Gasteiger partial charge is 0.315 e. The van der Waals surface area contributed by atoms with Gasteiger partial charge in [0.05, 0.1) is 0 Å². The van der Waals surface area contributed by atoms with Crippen molar-refractivity contribution in [2.75, 3.05) is 6.54 Å². The molecule has 0 bridgehead atoms. The van der Waals surface area contributed by atoms with Crippen LogP contribution in [0.15, 0.2) is 18.2 Å². The van der Waals surface area contributed by atoms with E-state index < -0.39 is 23.0 Å². The van der Waals surface area contributed by atoms with Crippen molar-refractivity contribution < 1.29 is 23.5 Å². The van der Waals surface area contributed by atoms with Crippen LogP contribution in [-0.2, 0) is 10.2 Å². The Labute approximate surface area is 126 Å². The first-order valence-corrected chi connectivity index (χ1v) is 7.04. The average molecular weight is 312 g/mol. The van der Waals surface area contributed by atoms with E-state index in [1.807, 2.05) is 6.92 Å². The standard InChI is InChI=1S/C15H18F2N2O3/c1-15(9-4-5-10(16)11(17)7-9)8-12(15)19-14(22)18-6-2-3-13(20)21/h4-5,7,12H,2-3,6,8H2,1H3,(H,20,21)(H2,18,19,22). The molecular weight excluding hydrogens is 294 g/mol. The number of nitrogens with one attached hydrogen (secondary N) is 2. The number of hydrogen-bond acceptors (Lipinski definition) is 2. The van der Waals surface area contributed by atoms with Gasteiger partial charge in [-0.05, 0) is 30.5 Å². The molecule has 3 N–H and O–H groups in total. The van der Waals surface area contributed by atoms with Gasteiger partial charge in [-0.25, -0.2) is 13.6 Å². The number of amides is 2. The van der Waals surface area contributed by atoms with Crippen LogP contribution in [-0.4, -0.2) is 29.7 Å². The summed E-state index contributed by atoms with van der Waals surface area (Å²) in [5, 5.41) is 13.8. The van der Waals surface area contributed by atoms with Gasteiger partial charge in [-0.3, -0.25) is 4.79 Å². The maximum absolute atomic E-state index is 13.3. The first kappa shape index (κ1) is 16.2. The summed E-state index contributed by atoms with van der Waals surface area (Å²) in [6.45, 7) is 2.14. The monoisotopic (exact) mass is 312 g/mol. The Bertz CT molecular complexity index is 594. The highest BCUT2D eigenvalue weighted by Crippen LogP contribution is 2.48. The van der Waals surface area contributed by atoms with Crippen molar-refractivity contribution in [2.45, 2.75) is 37.6 Å². The first-order valence-electron chi connectivity index (χ1n) is 7.04. The van der Waals surface area contributed by atoms with Gasteiger partial charge < -0.3 is 15.7 Å². The van der Waals surface area contributed by atoms with E-state index in [9.17, 15) is 18.4 Å². The Morgan fingerprint density at radius 3 is 2.73 bits per heavy atom. The van der Waals surface area contributed by atoms with Gasteiger partial charge in [0.25, 0.3) is 0 Å². The van der Waals surface area contributed by atoms with Crippen LogP contribution in [0.25, 0.3) is 0 Å². The fourth-order valence-corrected chi connectivity index (χ4v) is 2.40. The Morgan fingerprint density at radius 2 is 2.09 bits per heavy atom. The van der Waals surface area contributed by atoms with Gasteiger partial charge >= 0.3 is 12.0 Å². The minimum Gasteiger partial charge on any atom is -0.481 e.